The van der Waals surface area contributed by atoms with Crippen molar-refractivity contribution in [1.82, 2.24) is 4.72 Å². The Bertz CT molecular complexity index is 575. The van der Waals surface area contributed by atoms with Gasteiger partial charge in [0.2, 0.25) is 10.0 Å². The van der Waals surface area contributed by atoms with E-state index in [4.69, 9.17) is 11.6 Å². The number of aliphatic hydroxyl groups excluding tert-OH is 1. The van der Waals surface area contributed by atoms with E-state index in [1.807, 2.05) is 4.72 Å². The Morgan fingerprint density at radius 1 is 1.40 bits per heavy atom. The predicted molar refractivity (Wildman–Crippen MR) is 67.9 cm³/mol. The molecule has 1 atom stereocenters. The molecule has 2 N–H and O–H groups in total. The first-order valence-electron chi connectivity index (χ1n) is 5.62. The van der Waals surface area contributed by atoms with Crippen molar-refractivity contribution in [3.63, 3.8) is 0 Å². The average molecular weight is 332 g/mol. The van der Waals surface area contributed by atoms with Crippen LogP contribution in [0.25, 0.3) is 0 Å². The Labute approximate surface area is 119 Å². The van der Waals surface area contributed by atoms with E-state index in [2.05, 4.69) is 0 Å². The van der Waals surface area contributed by atoms with E-state index >= 15 is 0 Å². The van der Waals surface area contributed by atoms with E-state index in [1.165, 1.54) is 0 Å². The fourth-order valence-electron chi connectivity index (χ4n) is 1.39. The van der Waals surface area contributed by atoms with E-state index < -0.39 is 32.8 Å². The van der Waals surface area contributed by atoms with Gasteiger partial charge in [-0.1, -0.05) is 18.5 Å². The van der Waals surface area contributed by atoms with Crippen LogP contribution in [0.5, 0.6) is 0 Å². The van der Waals surface area contributed by atoms with Crippen LogP contribution in [0, 0.1) is 0 Å². The van der Waals surface area contributed by atoms with Crippen LogP contribution in [0.2, 0.25) is 5.02 Å². The van der Waals surface area contributed by atoms with Crippen LogP contribution in [0.15, 0.2) is 23.1 Å². The molecule has 1 unspecified atom stereocenters. The van der Waals surface area contributed by atoms with Gasteiger partial charge in [0, 0.05) is 11.6 Å². The van der Waals surface area contributed by atoms with Crippen molar-refractivity contribution in [3.05, 3.63) is 28.8 Å². The molecule has 0 aliphatic heterocycles. The largest absolute Gasteiger partial charge is 0.417 e. The quantitative estimate of drug-likeness (QED) is 0.870. The van der Waals surface area contributed by atoms with Crippen molar-refractivity contribution in [2.75, 3.05) is 6.54 Å². The van der Waals surface area contributed by atoms with Crippen molar-refractivity contribution in [2.24, 2.45) is 0 Å². The number of halogens is 4. The number of hydrogen-bond donors (Lipinski definition) is 2. The molecule has 0 spiro atoms. The SMILES string of the molecule is CCC(O)CNS(=O)(=O)c1ccc(Cl)cc1C(F)(F)F. The number of aliphatic hydroxyl groups is 1. The summed E-state index contributed by atoms with van der Waals surface area (Å²) in [5.74, 6) is 0. The summed E-state index contributed by atoms with van der Waals surface area (Å²) in [7, 11) is -4.38. The van der Waals surface area contributed by atoms with E-state index in [0.29, 0.717) is 6.07 Å². The van der Waals surface area contributed by atoms with E-state index in [0.717, 1.165) is 12.1 Å². The summed E-state index contributed by atoms with van der Waals surface area (Å²) < 4.78 is 64.1. The van der Waals surface area contributed by atoms with Crippen LogP contribution in [0.3, 0.4) is 0 Å². The third-order valence-electron chi connectivity index (χ3n) is 2.52. The summed E-state index contributed by atoms with van der Waals surface area (Å²) in [5.41, 5.74) is -1.34. The minimum absolute atomic E-state index is 0.218. The molecule has 20 heavy (non-hydrogen) atoms. The molecule has 0 aromatic heterocycles. The number of sulfonamides is 1. The summed E-state index contributed by atoms with van der Waals surface area (Å²) >= 11 is 5.47. The van der Waals surface area contributed by atoms with Crippen LogP contribution >= 0.6 is 11.6 Å². The monoisotopic (exact) mass is 331 g/mol. The lowest BCUT2D eigenvalue weighted by atomic mass is 10.2. The zero-order valence-electron chi connectivity index (χ0n) is 10.4. The number of nitrogens with one attached hydrogen (secondary N) is 1. The van der Waals surface area contributed by atoms with Gasteiger partial charge >= 0.3 is 6.18 Å². The molecule has 4 nitrogen and oxygen atoms in total. The maximum Gasteiger partial charge on any atom is 0.417 e. The Morgan fingerprint density at radius 2 is 2.00 bits per heavy atom. The Balaban J connectivity index is 3.18. The first-order chi connectivity index (χ1) is 9.08. The first kappa shape index (κ1) is 17.2. The van der Waals surface area contributed by atoms with Gasteiger partial charge in [-0.3, -0.25) is 0 Å². The summed E-state index contributed by atoms with van der Waals surface area (Å²) in [4.78, 5) is -0.919. The second kappa shape index (κ2) is 6.30. The van der Waals surface area contributed by atoms with Crippen LogP contribution in [0.4, 0.5) is 13.2 Å². The lowest BCUT2D eigenvalue weighted by Crippen LogP contribution is -2.33. The molecule has 0 saturated heterocycles. The summed E-state index contributed by atoms with van der Waals surface area (Å²) in [6.45, 7) is 1.25. The van der Waals surface area contributed by atoms with Gasteiger partial charge in [-0.25, -0.2) is 13.1 Å². The van der Waals surface area contributed by atoms with Crippen LogP contribution in [-0.2, 0) is 16.2 Å². The minimum Gasteiger partial charge on any atom is -0.392 e. The van der Waals surface area contributed by atoms with Gasteiger partial charge < -0.3 is 5.11 Å². The molecule has 9 heteroatoms. The standard InChI is InChI=1S/C11H13ClF3NO3S/c1-2-8(17)6-16-20(18,19)10-4-3-7(12)5-9(10)11(13,14)15/h3-5,8,16-17H,2,6H2,1H3. The molecule has 114 valence electrons. The van der Waals surface area contributed by atoms with Crippen molar-refractivity contribution in [3.8, 4) is 0 Å². The second-order valence-corrected chi connectivity index (χ2v) is 6.22. The fraction of sp³-hybridized carbons (Fsp3) is 0.455. The van der Waals surface area contributed by atoms with Crippen molar-refractivity contribution < 1.29 is 26.7 Å². The molecular formula is C11H13ClF3NO3S. The molecule has 0 heterocycles. The molecule has 1 aromatic carbocycles. The molecule has 0 radical (unpaired) electrons. The summed E-state index contributed by atoms with van der Waals surface area (Å²) in [5, 5.41) is 9.05. The zero-order valence-corrected chi connectivity index (χ0v) is 12.0. The highest BCUT2D eigenvalue weighted by atomic mass is 35.5. The summed E-state index contributed by atoms with van der Waals surface area (Å²) in [6.07, 6.45) is -5.54. The van der Waals surface area contributed by atoms with Gasteiger partial charge in [0.25, 0.3) is 0 Å². The number of alkyl halides is 3. The molecule has 0 amide bonds. The Hall–Kier alpha value is -0.830. The molecule has 0 aliphatic carbocycles. The van der Waals surface area contributed by atoms with Crippen LogP contribution < -0.4 is 4.72 Å². The Morgan fingerprint density at radius 3 is 2.50 bits per heavy atom. The maximum absolute atomic E-state index is 12.8. The fourth-order valence-corrected chi connectivity index (χ4v) is 2.84. The molecule has 0 bridgehead atoms. The van der Waals surface area contributed by atoms with Crippen LogP contribution in [-0.4, -0.2) is 26.2 Å². The molecule has 0 fully saturated rings. The number of rotatable bonds is 5. The highest BCUT2D eigenvalue weighted by Crippen LogP contribution is 2.35. The average Bonchev–Trinajstić information content (AvgIpc) is 2.34. The highest BCUT2D eigenvalue weighted by Gasteiger charge is 2.37. The topological polar surface area (TPSA) is 66.4 Å². The Kier molecular flexibility index (Phi) is 5.42. The third kappa shape index (κ3) is 4.34. The normalized spacial score (nSPS) is 14.3. The molecule has 0 aliphatic rings. The first-order valence-corrected chi connectivity index (χ1v) is 7.48. The van der Waals surface area contributed by atoms with Crippen molar-refractivity contribution in [2.45, 2.75) is 30.5 Å². The third-order valence-corrected chi connectivity index (χ3v) is 4.23. The van der Waals surface area contributed by atoms with Gasteiger partial charge in [0.1, 0.15) is 0 Å². The zero-order chi connectivity index (χ0) is 15.6. The van der Waals surface area contributed by atoms with Gasteiger partial charge in [-0.15, -0.1) is 0 Å². The lowest BCUT2D eigenvalue weighted by molar-refractivity contribution is -0.139. The molecule has 1 aromatic rings. The van der Waals surface area contributed by atoms with Gasteiger partial charge in [-0.05, 0) is 24.6 Å². The van der Waals surface area contributed by atoms with Gasteiger partial charge in [0.05, 0.1) is 16.6 Å². The van der Waals surface area contributed by atoms with Crippen LogP contribution in [0.1, 0.15) is 18.9 Å². The van der Waals surface area contributed by atoms with Gasteiger partial charge in [0.15, 0.2) is 0 Å². The molecule has 0 saturated carbocycles. The maximum atomic E-state index is 12.8. The van der Waals surface area contributed by atoms with E-state index in [-0.39, 0.29) is 18.0 Å². The summed E-state index contributed by atoms with van der Waals surface area (Å²) in [6, 6.07) is 2.39. The minimum atomic E-state index is -4.85. The molecular weight excluding hydrogens is 319 g/mol. The second-order valence-electron chi connectivity index (χ2n) is 4.05. The smallest absolute Gasteiger partial charge is 0.392 e. The van der Waals surface area contributed by atoms with Crippen molar-refractivity contribution in [1.29, 1.82) is 0 Å². The lowest BCUT2D eigenvalue weighted by Gasteiger charge is -2.15. The predicted octanol–water partition coefficient (Wildman–Crippen LogP) is 2.41. The van der Waals surface area contributed by atoms with E-state index in [9.17, 15) is 26.7 Å². The number of benzene rings is 1. The van der Waals surface area contributed by atoms with E-state index in [1.54, 1.807) is 6.92 Å². The molecule has 1 rings (SSSR count). The number of hydrogen-bond acceptors (Lipinski definition) is 3. The van der Waals surface area contributed by atoms with Gasteiger partial charge in [-0.2, -0.15) is 13.2 Å². The highest BCUT2D eigenvalue weighted by molar-refractivity contribution is 7.89. The van der Waals surface area contributed by atoms with Crippen molar-refractivity contribution >= 4 is 21.6 Å².